The van der Waals surface area contributed by atoms with Crippen molar-refractivity contribution in [2.75, 3.05) is 5.32 Å². The van der Waals surface area contributed by atoms with Gasteiger partial charge in [-0.15, -0.1) is 0 Å². The molecule has 112 valence electrons. The van der Waals surface area contributed by atoms with Crippen LogP contribution >= 0.6 is 0 Å². The summed E-state index contributed by atoms with van der Waals surface area (Å²) in [5, 5.41) is 6.62. The molecule has 0 bridgehead atoms. The number of nitrogens with zero attached hydrogens (tertiary/aromatic N) is 2. The zero-order chi connectivity index (χ0) is 15.4. The first-order valence-corrected chi connectivity index (χ1v) is 6.29. The molecule has 0 radical (unpaired) electrons. The maximum absolute atomic E-state index is 12.4. The highest BCUT2D eigenvalue weighted by molar-refractivity contribution is 5.92. The van der Waals surface area contributed by atoms with Crippen molar-refractivity contribution in [1.82, 2.24) is 9.78 Å². The summed E-state index contributed by atoms with van der Waals surface area (Å²) >= 11 is 0. The smallest absolute Gasteiger partial charge is 0.387 e. The topological polar surface area (TPSA) is 56.2 Å². The van der Waals surface area contributed by atoms with Gasteiger partial charge in [-0.25, -0.2) is 0 Å². The Labute approximate surface area is 120 Å². The van der Waals surface area contributed by atoms with Crippen LogP contribution in [0.5, 0.6) is 5.75 Å². The van der Waals surface area contributed by atoms with Crippen molar-refractivity contribution in [1.29, 1.82) is 0 Å². The zero-order valence-corrected chi connectivity index (χ0v) is 11.6. The molecule has 7 heteroatoms. The average molecular weight is 295 g/mol. The number of amides is 1. The van der Waals surface area contributed by atoms with Crippen molar-refractivity contribution < 1.29 is 18.3 Å². The van der Waals surface area contributed by atoms with E-state index in [0.717, 1.165) is 11.3 Å². The highest BCUT2D eigenvalue weighted by Gasteiger charge is 2.13. The molecular formula is C14H15F2N3O2. The van der Waals surface area contributed by atoms with Gasteiger partial charge < -0.3 is 10.1 Å². The van der Waals surface area contributed by atoms with Crippen molar-refractivity contribution in [2.24, 2.45) is 0 Å². The summed E-state index contributed by atoms with van der Waals surface area (Å²) in [6.45, 7) is 0.603. The number of halogens is 2. The van der Waals surface area contributed by atoms with Crippen LogP contribution in [0.4, 0.5) is 14.5 Å². The second-order valence-electron chi connectivity index (χ2n) is 4.58. The molecule has 0 aliphatic heterocycles. The van der Waals surface area contributed by atoms with E-state index in [1.54, 1.807) is 25.3 Å². The second-order valence-corrected chi connectivity index (χ2v) is 4.58. The quantitative estimate of drug-likeness (QED) is 0.922. The third-order valence-corrected chi connectivity index (χ3v) is 2.71. The van der Waals surface area contributed by atoms with E-state index in [4.69, 9.17) is 0 Å². The minimum absolute atomic E-state index is 0.00413. The highest BCUT2D eigenvalue weighted by Crippen LogP contribution is 2.27. The average Bonchev–Trinajstić information content (AvgIpc) is 2.77. The predicted octanol–water partition coefficient (Wildman–Crippen LogP) is 2.74. The summed E-state index contributed by atoms with van der Waals surface area (Å²) in [7, 11) is 0. The van der Waals surface area contributed by atoms with Crippen molar-refractivity contribution >= 4 is 11.6 Å². The monoisotopic (exact) mass is 295 g/mol. The van der Waals surface area contributed by atoms with E-state index in [0.29, 0.717) is 0 Å². The molecule has 0 saturated carbocycles. The Morgan fingerprint density at radius 1 is 1.38 bits per heavy atom. The number of carbonyl (C=O) groups excluding carboxylic acids is 1. The van der Waals surface area contributed by atoms with Crippen LogP contribution in [-0.2, 0) is 11.3 Å². The fourth-order valence-corrected chi connectivity index (χ4v) is 1.81. The zero-order valence-electron chi connectivity index (χ0n) is 11.6. The maximum atomic E-state index is 12.4. The van der Waals surface area contributed by atoms with Crippen molar-refractivity contribution in [3.05, 3.63) is 41.7 Å². The molecule has 2 rings (SSSR count). The number of alkyl halides is 2. The van der Waals surface area contributed by atoms with Gasteiger partial charge in [0.15, 0.2) is 0 Å². The molecule has 0 aliphatic rings. The van der Waals surface area contributed by atoms with E-state index >= 15 is 0 Å². The van der Waals surface area contributed by atoms with Crippen molar-refractivity contribution in [3.8, 4) is 5.75 Å². The normalized spacial score (nSPS) is 10.7. The number of anilines is 1. The van der Waals surface area contributed by atoms with Crippen LogP contribution in [0.1, 0.15) is 11.3 Å². The SMILES string of the molecule is Cc1ccc(NC(=O)Cn2ccc(C)n2)c(OC(F)F)c1. The number of ether oxygens (including phenoxy) is 1. The van der Waals surface area contributed by atoms with E-state index in [1.807, 2.05) is 6.92 Å². The lowest BCUT2D eigenvalue weighted by Crippen LogP contribution is -2.20. The fraction of sp³-hybridized carbons (Fsp3) is 0.286. The van der Waals surface area contributed by atoms with E-state index < -0.39 is 6.61 Å². The van der Waals surface area contributed by atoms with Crippen LogP contribution in [0, 0.1) is 13.8 Å². The molecule has 5 nitrogen and oxygen atoms in total. The Hall–Kier alpha value is -2.44. The molecular weight excluding hydrogens is 280 g/mol. The Morgan fingerprint density at radius 2 is 2.14 bits per heavy atom. The molecule has 0 atom stereocenters. The van der Waals surface area contributed by atoms with Crippen molar-refractivity contribution in [3.63, 3.8) is 0 Å². The first-order chi connectivity index (χ1) is 9.94. The summed E-state index contributed by atoms with van der Waals surface area (Å²) in [5.74, 6) is -0.434. The van der Waals surface area contributed by atoms with E-state index in [-0.39, 0.29) is 23.9 Å². The molecule has 0 unspecified atom stereocenters. The maximum Gasteiger partial charge on any atom is 0.387 e. The number of carbonyl (C=O) groups is 1. The number of rotatable bonds is 5. The molecule has 1 heterocycles. The number of nitrogens with one attached hydrogen (secondary N) is 1. The molecule has 1 aromatic carbocycles. The number of hydrogen-bond acceptors (Lipinski definition) is 3. The van der Waals surface area contributed by atoms with Gasteiger partial charge in [-0.05, 0) is 37.6 Å². The van der Waals surface area contributed by atoms with Gasteiger partial charge in [0.1, 0.15) is 12.3 Å². The molecule has 0 saturated heterocycles. The third kappa shape index (κ3) is 4.27. The summed E-state index contributed by atoms with van der Waals surface area (Å²) in [5.41, 5.74) is 1.75. The van der Waals surface area contributed by atoms with E-state index in [2.05, 4.69) is 15.2 Å². The van der Waals surface area contributed by atoms with Crippen LogP contribution in [-0.4, -0.2) is 22.3 Å². The minimum atomic E-state index is -2.95. The van der Waals surface area contributed by atoms with Crippen LogP contribution in [0.3, 0.4) is 0 Å². The molecule has 21 heavy (non-hydrogen) atoms. The lowest BCUT2D eigenvalue weighted by molar-refractivity contribution is -0.117. The number of benzene rings is 1. The van der Waals surface area contributed by atoms with E-state index in [1.165, 1.54) is 16.8 Å². The Bertz CT molecular complexity index is 641. The molecule has 1 N–H and O–H groups in total. The van der Waals surface area contributed by atoms with Gasteiger partial charge in [0.2, 0.25) is 5.91 Å². The molecule has 1 aromatic heterocycles. The van der Waals surface area contributed by atoms with Gasteiger partial charge in [-0.1, -0.05) is 6.07 Å². The van der Waals surface area contributed by atoms with Gasteiger partial charge in [-0.3, -0.25) is 9.48 Å². The summed E-state index contributed by atoms with van der Waals surface area (Å²) in [6, 6.07) is 6.44. The molecule has 0 spiro atoms. The van der Waals surface area contributed by atoms with Crippen molar-refractivity contribution in [2.45, 2.75) is 27.0 Å². The minimum Gasteiger partial charge on any atom is -0.433 e. The van der Waals surface area contributed by atoms with Crippen LogP contribution in [0.25, 0.3) is 0 Å². The first kappa shape index (κ1) is 15.0. The predicted molar refractivity (Wildman–Crippen MR) is 73.4 cm³/mol. The Morgan fingerprint density at radius 3 is 2.76 bits per heavy atom. The van der Waals surface area contributed by atoms with Crippen LogP contribution in [0.15, 0.2) is 30.5 Å². The standard InChI is InChI=1S/C14H15F2N3O2/c1-9-3-4-11(12(7-9)21-14(15)16)17-13(20)8-19-6-5-10(2)18-19/h3-7,14H,8H2,1-2H3,(H,17,20). The number of aryl methyl sites for hydroxylation is 2. The third-order valence-electron chi connectivity index (χ3n) is 2.71. The molecule has 2 aromatic rings. The molecule has 0 fully saturated rings. The van der Waals surface area contributed by atoms with Crippen LogP contribution in [0.2, 0.25) is 0 Å². The van der Waals surface area contributed by atoms with Gasteiger partial charge in [-0.2, -0.15) is 13.9 Å². The fourth-order valence-electron chi connectivity index (χ4n) is 1.81. The number of aromatic nitrogens is 2. The Kier molecular flexibility index (Phi) is 4.52. The van der Waals surface area contributed by atoms with Gasteiger partial charge in [0, 0.05) is 6.20 Å². The number of hydrogen-bond donors (Lipinski definition) is 1. The lowest BCUT2D eigenvalue weighted by Gasteiger charge is -2.12. The highest BCUT2D eigenvalue weighted by atomic mass is 19.3. The van der Waals surface area contributed by atoms with Gasteiger partial charge in [0.25, 0.3) is 0 Å². The molecule has 0 aliphatic carbocycles. The van der Waals surface area contributed by atoms with Gasteiger partial charge >= 0.3 is 6.61 Å². The summed E-state index contributed by atoms with van der Waals surface area (Å²) in [6.07, 6.45) is 1.67. The first-order valence-electron chi connectivity index (χ1n) is 6.29. The largest absolute Gasteiger partial charge is 0.433 e. The summed E-state index contributed by atoms with van der Waals surface area (Å²) in [4.78, 5) is 11.9. The van der Waals surface area contributed by atoms with Crippen LogP contribution < -0.4 is 10.1 Å². The lowest BCUT2D eigenvalue weighted by atomic mass is 10.2. The van der Waals surface area contributed by atoms with E-state index in [9.17, 15) is 13.6 Å². The van der Waals surface area contributed by atoms with Gasteiger partial charge in [0.05, 0.1) is 11.4 Å². The second kappa shape index (κ2) is 6.34. The Balaban J connectivity index is 2.09. The molecule has 1 amide bonds. The summed E-state index contributed by atoms with van der Waals surface area (Å²) < 4.78 is 30.6.